The second-order valence-electron chi connectivity index (χ2n) is 5.59. The van der Waals surface area contributed by atoms with Crippen LogP contribution in [0, 0.1) is 11.3 Å². The zero-order valence-corrected chi connectivity index (χ0v) is 11.7. The van der Waals surface area contributed by atoms with Gasteiger partial charge < -0.3 is 15.5 Å². The molecule has 0 aromatic heterocycles. The first kappa shape index (κ1) is 14.3. The normalized spacial score (nSPS) is 31.2. The van der Waals surface area contributed by atoms with Crippen molar-refractivity contribution < 1.29 is 4.79 Å². The Morgan fingerprint density at radius 1 is 1.26 bits per heavy atom. The molecule has 0 aromatic carbocycles. The Hall–Kier alpha value is -1.12. The topological polar surface area (TPSA) is 68.2 Å². The molecule has 2 aliphatic rings. The van der Waals surface area contributed by atoms with Gasteiger partial charge in [-0.3, -0.25) is 4.79 Å². The molecule has 0 aromatic rings. The van der Waals surface area contributed by atoms with E-state index in [9.17, 15) is 4.79 Å². The van der Waals surface area contributed by atoms with Crippen LogP contribution in [-0.4, -0.2) is 49.1 Å². The predicted molar refractivity (Wildman–Crippen MR) is 73.5 cm³/mol. The van der Waals surface area contributed by atoms with Crippen LogP contribution in [0.1, 0.15) is 38.5 Å². The van der Waals surface area contributed by atoms with E-state index in [2.05, 4.69) is 16.7 Å². The first-order chi connectivity index (χ1) is 9.24. The third-order valence-corrected chi connectivity index (χ3v) is 4.40. The smallest absolute Gasteiger partial charge is 0.237 e. The summed E-state index contributed by atoms with van der Waals surface area (Å²) in [4.78, 5) is 13.8. The maximum atomic E-state index is 12.1. The van der Waals surface area contributed by atoms with E-state index in [4.69, 9.17) is 5.26 Å². The average molecular weight is 264 g/mol. The zero-order chi connectivity index (χ0) is 13.7. The van der Waals surface area contributed by atoms with E-state index in [0.717, 1.165) is 32.2 Å². The van der Waals surface area contributed by atoms with Crippen LogP contribution in [0.2, 0.25) is 0 Å². The van der Waals surface area contributed by atoms with Gasteiger partial charge in [0.15, 0.2) is 0 Å². The number of nitriles is 1. The minimum absolute atomic E-state index is 0.0831. The van der Waals surface area contributed by atoms with Gasteiger partial charge in [0.2, 0.25) is 5.91 Å². The summed E-state index contributed by atoms with van der Waals surface area (Å²) in [5.74, 6) is 0.0831. The van der Waals surface area contributed by atoms with Gasteiger partial charge in [-0.2, -0.15) is 5.26 Å². The maximum Gasteiger partial charge on any atom is 0.237 e. The summed E-state index contributed by atoms with van der Waals surface area (Å²) in [6.45, 7) is 1.12. The van der Waals surface area contributed by atoms with Gasteiger partial charge in [-0.05, 0) is 45.6 Å². The van der Waals surface area contributed by atoms with Crippen LogP contribution in [0.4, 0.5) is 0 Å². The highest BCUT2D eigenvalue weighted by molar-refractivity contribution is 5.79. The molecule has 5 nitrogen and oxygen atoms in total. The molecule has 1 aliphatic heterocycles. The number of amides is 1. The standard InChI is InChI=1S/C14H24N4O/c1-16-11-4-6-12(7-5-11)17-10-14(19)18-8-2-3-13(18)9-15/h11-13,16-17H,2-8,10H2,1H3/t11?,12?,13-/m0/s1. The molecule has 0 bridgehead atoms. The van der Waals surface area contributed by atoms with Crippen LogP contribution in [0.15, 0.2) is 0 Å². The Bertz CT molecular complexity index is 344. The van der Waals surface area contributed by atoms with Crippen molar-refractivity contribution in [3.05, 3.63) is 0 Å². The summed E-state index contributed by atoms with van der Waals surface area (Å²) in [5, 5.41) is 15.7. The van der Waals surface area contributed by atoms with Crippen LogP contribution in [-0.2, 0) is 4.79 Å². The van der Waals surface area contributed by atoms with E-state index in [0.29, 0.717) is 18.6 Å². The number of hydrogen-bond acceptors (Lipinski definition) is 4. The van der Waals surface area contributed by atoms with Crippen LogP contribution in [0.5, 0.6) is 0 Å². The molecule has 0 unspecified atom stereocenters. The highest BCUT2D eigenvalue weighted by Crippen LogP contribution is 2.19. The number of nitrogens with zero attached hydrogens (tertiary/aromatic N) is 2. The summed E-state index contributed by atoms with van der Waals surface area (Å²) < 4.78 is 0. The molecule has 2 rings (SSSR count). The molecule has 19 heavy (non-hydrogen) atoms. The second kappa shape index (κ2) is 6.88. The van der Waals surface area contributed by atoms with E-state index < -0.39 is 0 Å². The fourth-order valence-corrected chi connectivity index (χ4v) is 3.12. The van der Waals surface area contributed by atoms with Crippen molar-refractivity contribution in [2.75, 3.05) is 20.1 Å². The molecule has 1 saturated carbocycles. The Kier molecular flexibility index (Phi) is 5.17. The lowest BCUT2D eigenvalue weighted by Gasteiger charge is -2.29. The number of likely N-dealkylation sites (tertiary alicyclic amines) is 1. The summed E-state index contributed by atoms with van der Waals surface area (Å²) in [6.07, 6.45) is 6.38. The van der Waals surface area contributed by atoms with Gasteiger partial charge in [-0.1, -0.05) is 0 Å². The minimum Gasteiger partial charge on any atom is -0.326 e. The van der Waals surface area contributed by atoms with Crippen molar-refractivity contribution >= 4 is 5.91 Å². The van der Waals surface area contributed by atoms with Gasteiger partial charge in [-0.15, -0.1) is 0 Å². The van der Waals surface area contributed by atoms with E-state index in [1.165, 1.54) is 12.8 Å². The molecule has 2 fully saturated rings. The largest absolute Gasteiger partial charge is 0.326 e. The zero-order valence-electron chi connectivity index (χ0n) is 11.7. The second-order valence-corrected chi connectivity index (χ2v) is 5.59. The van der Waals surface area contributed by atoms with Gasteiger partial charge in [0.25, 0.3) is 0 Å². The molecule has 0 spiro atoms. The number of nitrogens with one attached hydrogen (secondary N) is 2. The third-order valence-electron chi connectivity index (χ3n) is 4.40. The Balaban J connectivity index is 1.71. The number of carbonyl (C=O) groups is 1. The fraction of sp³-hybridized carbons (Fsp3) is 0.857. The van der Waals surface area contributed by atoms with Gasteiger partial charge in [0.05, 0.1) is 12.6 Å². The monoisotopic (exact) mass is 264 g/mol. The van der Waals surface area contributed by atoms with E-state index in [1.54, 1.807) is 4.90 Å². The number of rotatable bonds is 4. The molecular weight excluding hydrogens is 240 g/mol. The molecule has 106 valence electrons. The highest BCUT2D eigenvalue weighted by Gasteiger charge is 2.28. The van der Waals surface area contributed by atoms with Gasteiger partial charge >= 0.3 is 0 Å². The van der Waals surface area contributed by atoms with Crippen LogP contribution in [0.3, 0.4) is 0 Å². The fourth-order valence-electron chi connectivity index (χ4n) is 3.12. The Labute approximate surface area is 115 Å². The summed E-state index contributed by atoms with van der Waals surface area (Å²) >= 11 is 0. The SMILES string of the molecule is CNC1CCC(NCC(=O)N2CCC[C@H]2C#N)CC1. The molecule has 0 radical (unpaired) electrons. The number of hydrogen-bond donors (Lipinski definition) is 2. The summed E-state index contributed by atoms with van der Waals surface area (Å²) in [6, 6.07) is 3.11. The molecule has 1 amide bonds. The molecule has 1 atom stereocenters. The lowest BCUT2D eigenvalue weighted by atomic mass is 9.91. The quantitative estimate of drug-likeness (QED) is 0.781. The molecule has 1 heterocycles. The molecule has 1 saturated heterocycles. The van der Waals surface area contributed by atoms with Gasteiger partial charge in [-0.25, -0.2) is 0 Å². The Morgan fingerprint density at radius 2 is 1.95 bits per heavy atom. The van der Waals surface area contributed by atoms with Gasteiger partial charge in [0, 0.05) is 18.6 Å². The molecule has 5 heteroatoms. The average Bonchev–Trinajstić information content (AvgIpc) is 2.93. The van der Waals surface area contributed by atoms with Gasteiger partial charge in [0.1, 0.15) is 6.04 Å². The van der Waals surface area contributed by atoms with Crippen LogP contribution < -0.4 is 10.6 Å². The van der Waals surface area contributed by atoms with Crippen molar-refractivity contribution in [1.82, 2.24) is 15.5 Å². The molecule has 2 N–H and O–H groups in total. The Morgan fingerprint density at radius 3 is 2.58 bits per heavy atom. The molecule has 1 aliphatic carbocycles. The van der Waals surface area contributed by atoms with E-state index in [1.807, 2.05) is 7.05 Å². The predicted octanol–water partition coefficient (Wildman–Crippen LogP) is 0.621. The maximum absolute atomic E-state index is 12.1. The van der Waals surface area contributed by atoms with Crippen molar-refractivity contribution in [3.63, 3.8) is 0 Å². The third kappa shape index (κ3) is 3.68. The van der Waals surface area contributed by atoms with Crippen molar-refractivity contribution in [1.29, 1.82) is 5.26 Å². The van der Waals surface area contributed by atoms with Crippen molar-refractivity contribution in [2.45, 2.75) is 56.7 Å². The number of carbonyl (C=O) groups excluding carboxylic acids is 1. The summed E-state index contributed by atoms with van der Waals surface area (Å²) in [5.41, 5.74) is 0. The highest BCUT2D eigenvalue weighted by atomic mass is 16.2. The van der Waals surface area contributed by atoms with Crippen molar-refractivity contribution in [2.24, 2.45) is 0 Å². The van der Waals surface area contributed by atoms with E-state index >= 15 is 0 Å². The summed E-state index contributed by atoms with van der Waals surface area (Å²) in [7, 11) is 2.01. The van der Waals surface area contributed by atoms with Crippen LogP contribution in [0.25, 0.3) is 0 Å². The van der Waals surface area contributed by atoms with Crippen molar-refractivity contribution in [3.8, 4) is 6.07 Å². The van der Waals surface area contributed by atoms with Crippen LogP contribution >= 0.6 is 0 Å². The van der Waals surface area contributed by atoms with E-state index in [-0.39, 0.29) is 11.9 Å². The first-order valence-corrected chi connectivity index (χ1v) is 7.34. The lowest BCUT2D eigenvalue weighted by molar-refractivity contribution is -0.130. The molecular formula is C14H24N4O. The first-order valence-electron chi connectivity index (χ1n) is 7.34. The lowest BCUT2D eigenvalue weighted by Crippen LogP contribution is -2.45. The minimum atomic E-state index is -0.200.